The summed E-state index contributed by atoms with van der Waals surface area (Å²) in [4.78, 5) is 15.5. The van der Waals surface area contributed by atoms with Gasteiger partial charge in [-0.2, -0.15) is 0 Å². The Hall–Kier alpha value is -1.75. The van der Waals surface area contributed by atoms with Gasteiger partial charge in [0.05, 0.1) is 11.4 Å². The van der Waals surface area contributed by atoms with Crippen molar-refractivity contribution in [2.45, 2.75) is 0 Å². The van der Waals surface area contributed by atoms with Crippen LogP contribution in [0, 0.1) is 0 Å². The van der Waals surface area contributed by atoms with Crippen LogP contribution in [0.4, 0.5) is 11.4 Å². The Morgan fingerprint density at radius 3 is 2.50 bits per heavy atom. The highest BCUT2D eigenvalue weighted by molar-refractivity contribution is 5.95. The van der Waals surface area contributed by atoms with Crippen molar-refractivity contribution in [2.24, 2.45) is 0 Å². The largest absolute Gasteiger partial charge is 0.397 e. The summed E-state index contributed by atoms with van der Waals surface area (Å²) in [7, 11) is 7.49. The summed E-state index contributed by atoms with van der Waals surface area (Å²) >= 11 is 0. The number of hydrogen-bond donors (Lipinski definition) is 2. The van der Waals surface area contributed by atoms with Crippen molar-refractivity contribution in [3.8, 4) is 0 Å². The summed E-state index contributed by atoms with van der Waals surface area (Å²) in [6.45, 7) is 1.70. The van der Waals surface area contributed by atoms with E-state index in [0.717, 1.165) is 18.8 Å². The molecule has 18 heavy (non-hydrogen) atoms. The summed E-state index contributed by atoms with van der Waals surface area (Å²) in [5.41, 5.74) is 7.99. The molecule has 0 radical (unpaired) electrons. The molecule has 1 rings (SSSR count). The van der Waals surface area contributed by atoms with Gasteiger partial charge < -0.3 is 20.9 Å². The number of benzene rings is 1. The molecule has 0 unspecified atom stereocenters. The number of nitrogens with one attached hydrogen (secondary N) is 1. The average Bonchev–Trinajstić information content (AvgIpc) is 2.30. The second-order valence-electron chi connectivity index (χ2n) is 4.73. The van der Waals surface area contributed by atoms with Crippen LogP contribution in [-0.4, -0.2) is 57.0 Å². The van der Waals surface area contributed by atoms with Crippen LogP contribution in [0.5, 0.6) is 0 Å². The van der Waals surface area contributed by atoms with Crippen LogP contribution in [0.3, 0.4) is 0 Å². The molecule has 5 heteroatoms. The van der Waals surface area contributed by atoms with Crippen molar-refractivity contribution in [3.63, 3.8) is 0 Å². The van der Waals surface area contributed by atoms with Gasteiger partial charge in [0.1, 0.15) is 0 Å². The molecule has 1 amide bonds. The first kappa shape index (κ1) is 14.3. The van der Waals surface area contributed by atoms with Crippen LogP contribution in [0.15, 0.2) is 18.2 Å². The molecule has 5 nitrogen and oxygen atoms in total. The second kappa shape index (κ2) is 6.26. The number of anilines is 2. The Balaban J connectivity index is 2.78. The molecule has 0 aromatic heterocycles. The second-order valence-corrected chi connectivity index (χ2v) is 4.73. The van der Waals surface area contributed by atoms with E-state index < -0.39 is 0 Å². The van der Waals surface area contributed by atoms with Gasteiger partial charge in [-0.3, -0.25) is 4.79 Å². The first-order valence-corrected chi connectivity index (χ1v) is 5.91. The SMILES string of the molecule is CN(C)CCNc1cc(C(=O)N(C)C)ccc1N. The zero-order valence-electron chi connectivity index (χ0n) is 11.5. The van der Waals surface area contributed by atoms with Gasteiger partial charge in [0.2, 0.25) is 0 Å². The van der Waals surface area contributed by atoms with Gasteiger partial charge >= 0.3 is 0 Å². The summed E-state index contributed by atoms with van der Waals surface area (Å²) in [6.07, 6.45) is 0. The molecule has 0 saturated carbocycles. The lowest BCUT2D eigenvalue weighted by atomic mass is 10.1. The number of likely N-dealkylation sites (N-methyl/N-ethyl adjacent to an activating group) is 1. The smallest absolute Gasteiger partial charge is 0.253 e. The normalized spacial score (nSPS) is 10.5. The summed E-state index contributed by atoms with van der Waals surface area (Å²) in [5.74, 6) is -0.0225. The van der Waals surface area contributed by atoms with E-state index in [-0.39, 0.29) is 5.91 Å². The molecule has 0 fully saturated rings. The minimum absolute atomic E-state index is 0.0225. The van der Waals surface area contributed by atoms with Crippen molar-refractivity contribution in [3.05, 3.63) is 23.8 Å². The minimum Gasteiger partial charge on any atom is -0.397 e. The Morgan fingerprint density at radius 1 is 1.28 bits per heavy atom. The van der Waals surface area contributed by atoms with Gasteiger partial charge in [0.25, 0.3) is 5.91 Å². The molecule has 100 valence electrons. The van der Waals surface area contributed by atoms with Gasteiger partial charge in [-0.05, 0) is 32.3 Å². The maximum atomic E-state index is 11.8. The van der Waals surface area contributed by atoms with Crippen LogP contribution in [0.1, 0.15) is 10.4 Å². The fourth-order valence-corrected chi connectivity index (χ4v) is 1.51. The maximum absolute atomic E-state index is 11.8. The number of amides is 1. The van der Waals surface area contributed by atoms with E-state index in [4.69, 9.17) is 5.73 Å². The molecule has 0 saturated heterocycles. The van der Waals surface area contributed by atoms with E-state index in [1.54, 1.807) is 37.2 Å². The molecule has 3 N–H and O–H groups in total. The number of rotatable bonds is 5. The Labute approximate surface area is 109 Å². The quantitative estimate of drug-likeness (QED) is 0.764. The summed E-state index contributed by atoms with van der Waals surface area (Å²) in [6, 6.07) is 5.30. The maximum Gasteiger partial charge on any atom is 0.253 e. The molecule has 0 bridgehead atoms. The molecule has 1 aromatic rings. The van der Waals surface area contributed by atoms with Crippen molar-refractivity contribution < 1.29 is 4.79 Å². The third-order valence-corrected chi connectivity index (χ3v) is 2.58. The first-order chi connectivity index (χ1) is 8.41. The highest BCUT2D eigenvalue weighted by Crippen LogP contribution is 2.20. The standard InChI is InChI=1S/C13H22N4O/c1-16(2)8-7-15-12-9-10(5-6-11(12)14)13(18)17(3)4/h5-6,9,15H,7-8,14H2,1-4H3. The van der Waals surface area contributed by atoms with Crippen LogP contribution in [0.25, 0.3) is 0 Å². The Morgan fingerprint density at radius 2 is 1.94 bits per heavy atom. The van der Waals surface area contributed by atoms with Gasteiger partial charge in [-0.25, -0.2) is 0 Å². The molecule has 0 atom stereocenters. The molecular weight excluding hydrogens is 228 g/mol. The van der Waals surface area contributed by atoms with Gasteiger partial charge in [0.15, 0.2) is 0 Å². The number of nitrogens with zero attached hydrogens (tertiary/aromatic N) is 2. The zero-order chi connectivity index (χ0) is 13.7. The van der Waals surface area contributed by atoms with Crippen molar-refractivity contribution in [1.82, 2.24) is 9.80 Å². The molecule has 0 spiro atoms. The van der Waals surface area contributed by atoms with Crippen LogP contribution >= 0.6 is 0 Å². The first-order valence-electron chi connectivity index (χ1n) is 5.91. The van der Waals surface area contributed by atoms with Gasteiger partial charge in [-0.15, -0.1) is 0 Å². The number of carbonyl (C=O) groups excluding carboxylic acids is 1. The molecule has 0 aliphatic heterocycles. The highest BCUT2D eigenvalue weighted by Gasteiger charge is 2.09. The third kappa shape index (κ3) is 3.92. The number of nitrogen functional groups attached to an aromatic ring is 1. The average molecular weight is 250 g/mol. The summed E-state index contributed by atoms with van der Waals surface area (Å²) < 4.78 is 0. The van der Waals surface area contributed by atoms with Crippen molar-refractivity contribution in [2.75, 3.05) is 52.3 Å². The van der Waals surface area contributed by atoms with E-state index in [1.807, 2.05) is 14.1 Å². The van der Waals surface area contributed by atoms with E-state index in [1.165, 1.54) is 0 Å². The van der Waals surface area contributed by atoms with Crippen molar-refractivity contribution in [1.29, 1.82) is 0 Å². The fraction of sp³-hybridized carbons (Fsp3) is 0.462. The molecular formula is C13H22N4O. The van der Waals surface area contributed by atoms with Crippen LogP contribution < -0.4 is 11.1 Å². The summed E-state index contributed by atoms with van der Waals surface area (Å²) in [5, 5.41) is 3.24. The predicted octanol–water partition coefficient (Wildman–Crippen LogP) is 0.944. The number of hydrogen-bond acceptors (Lipinski definition) is 4. The lowest BCUT2D eigenvalue weighted by Crippen LogP contribution is -2.23. The van der Waals surface area contributed by atoms with E-state index in [9.17, 15) is 4.79 Å². The van der Waals surface area contributed by atoms with Gasteiger partial charge in [0, 0.05) is 32.7 Å². The lowest BCUT2D eigenvalue weighted by Gasteiger charge is -2.15. The fourth-order valence-electron chi connectivity index (χ4n) is 1.51. The lowest BCUT2D eigenvalue weighted by molar-refractivity contribution is 0.0827. The predicted molar refractivity (Wildman–Crippen MR) is 75.9 cm³/mol. The molecule has 0 aliphatic carbocycles. The van der Waals surface area contributed by atoms with Crippen LogP contribution in [0.2, 0.25) is 0 Å². The van der Waals surface area contributed by atoms with E-state index in [2.05, 4.69) is 10.2 Å². The number of carbonyl (C=O) groups is 1. The van der Waals surface area contributed by atoms with Crippen molar-refractivity contribution >= 4 is 17.3 Å². The topological polar surface area (TPSA) is 61.6 Å². The molecule has 0 heterocycles. The minimum atomic E-state index is -0.0225. The Kier molecular flexibility index (Phi) is 4.97. The van der Waals surface area contributed by atoms with Gasteiger partial charge in [-0.1, -0.05) is 0 Å². The number of nitrogens with two attached hydrogens (primary N) is 1. The third-order valence-electron chi connectivity index (χ3n) is 2.58. The highest BCUT2D eigenvalue weighted by atomic mass is 16.2. The van der Waals surface area contributed by atoms with E-state index in [0.29, 0.717) is 11.3 Å². The van der Waals surface area contributed by atoms with Crippen LogP contribution in [-0.2, 0) is 0 Å². The van der Waals surface area contributed by atoms with E-state index >= 15 is 0 Å². The zero-order valence-corrected chi connectivity index (χ0v) is 11.5. The molecule has 0 aliphatic rings. The monoisotopic (exact) mass is 250 g/mol. The molecule has 1 aromatic carbocycles. The Bertz CT molecular complexity index is 415.